The number of carbonyl (C=O) groups excluding carboxylic acids is 1. The SMILES string of the molecule is N#Cc1ccc(Cl)cc1NC(=O)CSc1nc(-c2cccs2)nc2ccccc12. The molecule has 0 fully saturated rings. The number of hydrogen-bond acceptors (Lipinski definition) is 6. The fourth-order valence-electron chi connectivity index (χ4n) is 2.71. The Balaban J connectivity index is 1.57. The summed E-state index contributed by atoms with van der Waals surface area (Å²) in [4.78, 5) is 22.8. The highest BCUT2D eigenvalue weighted by molar-refractivity contribution is 8.00. The highest BCUT2D eigenvalue weighted by atomic mass is 35.5. The standard InChI is InChI=1S/C21H13ClN4OS2/c22-14-8-7-13(11-23)17(10-14)24-19(27)12-29-21-15-4-1-2-5-16(15)25-20(26-21)18-6-3-9-28-18/h1-10H,12H2,(H,24,27). The van der Waals surface area contributed by atoms with Crippen LogP contribution in [0.5, 0.6) is 0 Å². The van der Waals surface area contributed by atoms with E-state index in [2.05, 4.69) is 15.3 Å². The van der Waals surface area contributed by atoms with Gasteiger partial charge in [-0.3, -0.25) is 4.79 Å². The molecule has 0 aliphatic carbocycles. The van der Waals surface area contributed by atoms with Gasteiger partial charge in [0.1, 0.15) is 11.1 Å². The number of halogens is 1. The Labute approximate surface area is 180 Å². The molecule has 2 aromatic carbocycles. The Bertz CT molecular complexity index is 1240. The van der Waals surface area contributed by atoms with Crippen LogP contribution in [0.15, 0.2) is 65.0 Å². The Morgan fingerprint density at radius 1 is 1.17 bits per heavy atom. The number of amides is 1. The number of rotatable bonds is 5. The number of nitrogens with zero attached hydrogens (tertiary/aromatic N) is 3. The molecule has 1 amide bonds. The molecule has 8 heteroatoms. The summed E-state index contributed by atoms with van der Waals surface area (Å²) >= 11 is 8.88. The molecule has 0 aliphatic rings. The fourth-order valence-corrected chi connectivity index (χ4v) is 4.36. The number of hydrogen-bond donors (Lipinski definition) is 1. The van der Waals surface area contributed by atoms with Crippen molar-refractivity contribution >= 4 is 57.2 Å². The van der Waals surface area contributed by atoms with E-state index in [4.69, 9.17) is 11.6 Å². The summed E-state index contributed by atoms with van der Waals surface area (Å²) in [5.74, 6) is 0.541. The first-order valence-corrected chi connectivity index (χ1v) is 10.8. The first-order chi connectivity index (χ1) is 14.1. The largest absolute Gasteiger partial charge is 0.324 e. The number of nitriles is 1. The monoisotopic (exact) mass is 436 g/mol. The average molecular weight is 437 g/mol. The zero-order valence-corrected chi connectivity index (χ0v) is 17.3. The summed E-state index contributed by atoms with van der Waals surface area (Å²) in [6, 6.07) is 18.5. The number of anilines is 1. The fraction of sp³-hybridized carbons (Fsp3) is 0.0476. The number of fused-ring (bicyclic) bond motifs is 1. The second-order valence-corrected chi connectivity index (χ2v) is 8.33. The van der Waals surface area contributed by atoms with Crippen LogP contribution in [-0.4, -0.2) is 21.6 Å². The number of thioether (sulfide) groups is 1. The molecule has 1 N–H and O–H groups in total. The van der Waals surface area contributed by atoms with Crippen molar-refractivity contribution in [3.05, 3.63) is 70.6 Å². The van der Waals surface area contributed by atoms with E-state index in [1.165, 1.54) is 11.8 Å². The summed E-state index contributed by atoms with van der Waals surface area (Å²) in [5.41, 5.74) is 1.59. The lowest BCUT2D eigenvalue weighted by atomic mass is 10.2. The molecule has 0 atom stereocenters. The molecular weight excluding hydrogens is 424 g/mol. The van der Waals surface area contributed by atoms with Gasteiger partial charge in [0.05, 0.1) is 27.4 Å². The summed E-state index contributed by atoms with van der Waals surface area (Å²) in [6.45, 7) is 0. The third kappa shape index (κ3) is 4.40. The minimum absolute atomic E-state index is 0.141. The Morgan fingerprint density at radius 3 is 2.83 bits per heavy atom. The van der Waals surface area contributed by atoms with Crippen LogP contribution < -0.4 is 5.32 Å². The second kappa shape index (κ2) is 8.62. The lowest BCUT2D eigenvalue weighted by molar-refractivity contribution is -0.113. The number of carbonyl (C=O) groups is 1. The topological polar surface area (TPSA) is 78.7 Å². The highest BCUT2D eigenvalue weighted by Crippen LogP contribution is 2.30. The number of thiophene rings is 1. The lowest BCUT2D eigenvalue weighted by Crippen LogP contribution is -2.15. The Hall–Kier alpha value is -2.92. The minimum atomic E-state index is -0.242. The maximum Gasteiger partial charge on any atom is 0.234 e. The van der Waals surface area contributed by atoms with Gasteiger partial charge in [-0.05, 0) is 35.7 Å². The van der Waals surface area contributed by atoms with Crippen LogP contribution in [0.2, 0.25) is 5.02 Å². The molecule has 0 spiro atoms. The van der Waals surface area contributed by atoms with Crippen molar-refractivity contribution in [2.45, 2.75) is 5.03 Å². The third-order valence-corrected chi connectivity index (χ3v) is 6.12. The van der Waals surface area contributed by atoms with Gasteiger partial charge < -0.3 is 5.32 Å². The quantitative estimate of drug-likeness (QED) is 0.324. The Morgan fingerprint density at radius 2 is 2.03 bits per heavy atom. The number of para-hydroxylation sites is 1. The van der Waals surface area contributed by atoms with Crippen molar-refractivity contribution in [2.24, 2.45) is 0 Å². The third-order valence-electron chi connectivity index (χ3n) is 4.03. The van der Waals surface area contributed by atoms with Gasteiger partial charge in [-0.2, -0.15) is 5.26 Å². The molecule has 2 heterocycles. The molecule has 0 saturated heterocycles. The normalized spacial score (nSPS) is 10.6. The molecule has 5 nitrogen and oxygen atoms in total. The van der Waals surface area contributed by atoms with Gasteiger partial charge >= 0.3 is 0 Å². The van der Waals surface area contributed by atoms with Crippen LogP contribution in [0, 0.1) is 11.3 Å². The maximum atomic E-state index is 12.5. The summed E-state index contributed by atoms with van der Waals surface area (Å²) < 4.78 is 0. The first kappa shape index (κ1) is 19.4. The number of nitrogens with one attached hydrogen (secondary N) is 1. The van der Waals surface area contributed by atoms with Gasteiger partial charge in [-0.25, -0.2) is 9.97 Å². The summed E-state index contributed by atoms with van der Waals surface area (Å²) in [7, 11) is 0. The van der Waals surface area contributed by atoms with E-state index in [0.29, 0.717) is 22.1 Å². The maximum absolute atomic E-state index is 12.5. The van der Waals surface area contributed by atoms with Crippen LogP contribution in [0.1, 0.15) is 5.56 Å². The molecular formula is C21H13ClN4OS2. The predicted molar refractivity (Wildman–Crippen MR) is 118 cm³/mol. The van der Waals surface area contributed by atoms with E-state index in [1.54, 1.807) is 29.5 Å². The zero-order valence-electron chi connectivity index (χ0n) is 14.9. The lowest BCUT2D eigenvalue weighted by Gasteiger charge is -2.09. The highest BCUT2D eigenvalue weighted by Gasteiger charge is 2.13. The van der Waals surface area contributed by atoms with Crippen molar-refractivity contribution < 1.29 is 4.79 Å². The van der Waals surface area contributed by atoms with Crippen molar-refractivity contribution in [2.75, 3.05) is 11.1 Å². The first-order valence-electron chi connectivity index (χ1n) is 8.57. The number of benzene rings is 2. The molecule has 0 saturated carbocycles. The molecule has 0 unspecified atom stereocenters. The van der Waals surface area contributed by atoms with Crippen LogP contribution >= 0.6 is 34.7 Å². The molecule has 29 heavy (non-hydrogen) atoms. The predicted octanol–water partition coefficient (Wildman–Crippen LogP) is 5.61. The molecule has 142 valence electrons. The molecule has 4 rings (SSSR count). The molecule has 0 radical (unpaired) electrons. The molecule has 0 bridgehead atoms. The summed E-state index contributed by atoms with van der Waals surface area (Å²) in [5, 5.41) is 16.0. The van der Waals surface area contributed by atoms with E-state index < -0.39 is 0 Å². The van der Waals surface area contributed by atoms with Gasteiger partial charge in [0.25, 0.3) is 0 Å². The second-order valence-electron chi connectivity index (χ2n) is 5.99. The Kier molecular flexibility index (Phi) is 5.76. The van der Waals surface area contributed by atoms with Crippen molar-refractivity contribution in [3.63, 3.8) is 0 Å². The van der Waals surface area contributed by atoms with Gasteiger partial charge in [0.2, 0.25) is 5.91 Å². The van der Waals surface area contributed by atoms with Gasteiger partial charge in [-0.15, -0.1) is 11.3 Å². The van der Waals surface area contributed by atoms with Gasteiger partial charge in [0.15, 0.2) is 5.82 Å². The van der Waals surface area contributed by atoms with E-state index in [9.17, 15) is 10.1 Å². The molecule has 0 aliphatic heterocycles. The molecule has 2 aromatic heterocycles. The minimum Gasteiger partial charge on any atom is -0.324 e. The number of aromatic nitrogens is 2. The van der Waals surface area contributed by atoms with Crippen molar-refractivity contribution in [1.29, 1.82) is 5.26 Å². The zero-order chi connectivity index (χ0) is 20.2. The van der Waals surface area contributed by atoms with Crippen molar-refractivity contribution in [3.8, 4) is 16.8 Å². The average Bonchev–Trinajstić information content (AvgIpc) is 3.27. The smallest absolute Gasteiger partial charge is 0.234 e. The van der Waals surface area contributed by atoms with E-state index in [1.807, 2.05) is 47.8 Å². The summed E-state index contributed by atoms with van der Waals surface area (Å²) in [6.07, 6.45) is 0. The van der Waals surface area contributed by atoms with E-state index >= 15 is 0 Å². The van der Waals surface area contributed by atoms with Crippen molar-refractivity contribution in [1.82, 2.24) is 9.97 Å². The van der Waals surface area contributed by atoms with Gasteiger partial charge in [0, 0.05) is 10.4 Å². The van der Waals surface area contributed by atoms with Crippen LogP contribution in [0.25, 0.3) is 21.6 Å². The van der Waals surface area contributed by atoms with E-state index in [-0.39, 0.29) is 11.7 Å². The van der Waals surface area contributed by atoms with Gasteiger partial charge in [-0.1, -0.05) is 47.6 Å². The van der Waals surface area contributed by atoms with E-state index in [0.717, 1.165) is 20.8 Å². The van der Waals surface area contributed by atoms with Crippen LogP contribution in [0.3, 0.4) is 0 Å². The molecule has 4 aromatic rings. The van der Waals surface area contributed by atoms with Crippen LogP contribution in [-0.2, 0) is 4.79 Å². The van der Waals surface area contributed by atoms with Crippen LogP contribution in [0.4, 0.5) is 5.69 Å².